The van der Waals surface area contributed by atoms with E-state index in [1.54, 1.807) is 43.3 Å². The highest BCUT2D eigenvalue weighted by atomic mass is 32.2. The standard InChI is InChI=1S/C29H35N3O5S/c1-6-37-26-15-17-27(18-16-26)38(35,36)32(25-13-11-21(2)12-14-25)20-28(33)31(23(4)29(34)30-5)19-24-10-8-7-9-22(24)3/h7-18,23H,6,19-20H2,1-5H3,(H,30,34)/t23-/m0/s1. The molecule has 202 valence electrons. The Morgan fingerprint density at radius 3 is 2.16 bits per heavy atom. The molecule has 3 rings (SSSR count). The molecule has 1 N–H and O–H groups in total. The quantitative estimate of drug-likeness (QED) is 0.398. The summed E-state index contributed by atoms with van der Waals surface area (Å²) >= 11 is 0. The van der Waals surface area contributed by atoms with Gasteiger partial charge in [0.1, 0.15) is 18.3 Å². The highest BCUT2D eigenvalue weighted by molar-refractivity contribution is 7.92. The lowest BCUT2D eigenvalue weighted by Gasteiger charge is -2.32. The second kappa shape index (κ2) is 12.6. The number of aryl methyl sites for hydroxylation is 2. The Morgan fingerprint density at radius 1 is 0.947 bits per heavy atom. The molecule has 3 aromatic rings. The first-order chi connectivity index (χ1) is 18.1. The Labute approximate surface area is 225 Å². The topological polar surface area (TPSA) is 96.0 Å². The van der Waals surface area contributed by atoms with Crippen molar-refractivity contribution in [1.29, 1.82) is 0 Å². The Kier molecular flexibility index (Phi) is 9.52. The Bertz CT molecular complexity index is 1360. The smallest absolute Gasteiger partial charge is 0.264 e. The zero-order chi connectivity index (χ0) is 27.9. The Hall–Kier alpha value is -3.85. The minimum absolute atomic E-state index is 0.0270. The highest BCUT2D eigenvalue weighted by Gasteiger charge is 2.32. The zero-order valence-electron chi connectivity index (χ0n) is 22.5. The van der Waals surface area contributed by atoms with Crippen LogP contribution in [0.3, 0.4) is 0 Å². The van der Waals surface area contributed by atoms with Crippen LogP contribution in [-0.4, -0.2) is 51.4 Å². The summed E-state index contributed by atoms with van der Waals surface area (Å²) in [5.74, 6) is -0.296. The largest absolute Gasteiger partial charge is 0.494 e. The van der Waals surface area contributed by atoms with E-state index < -0.39 is 28.5 Å². The predicted molar refractivity (Wildman–Crippen MR) is 149 cm³/mol. The predicted octanol–water partition coefficient (Wildman–Crippen LogP) is 4.06. The fourth-order valence-electron chi connectivity index (χ4n) is 4.00. The number of nitrogens with zero attached hydrogens (tertiary/aromatic N) is 2. The highest BCUT2D eigenvalue weighted by Crippen LogP contribution is 2.26. The molecule has 0 aliphatic rings. The normalized spacial score (nSPS) is 11.9. The van der Waals surface area contributed by atoms with Crippen molar-refractivity contribution in [1.82, 2.24) is 10.2 Å². The van der Waals surface area contributed by atoms with E-state index in [1.165, 1.54) is 24.1 Å². The number of hydrogen-bond donors (Lipinski definition) is 1. The van der Waals surface area contributed by atoms with Crippen LogP contribution in [0.2, 0.25) is 0 Å². The van der Waals surface area contributed by atoms with Crippen LogP contribution < -0.4 is 14.4 Å². The van der Waals surface area contributed by atoms with Crippen molar-refractivity contribution in [3.8, 4) is 5.75 Å². The molecule has 0 saturated heterocycles. The molecule has 0 spiro atoms. The van der Waals surface area contributed by atoms with E-state index in [0.717, 1.165) is 21.0 Å². The van der Waals surface area contributed by atoms with Crippen LogP contribution in [0.15, 0.2) is 77.7 Å². The van der Waals surface area contributed by atoms with Gasteiger partial charge in [0.05, 0.1) is 17.2 Å². The van der Waals surface area contributed by atoms with Gasteiger partial charge in [-0.05, 0) is 75.2 Å². The molecular weight excluding hydrogens is 502 g/mol. The van der Waals surface area contributed by atoms with Crippen LogP contribution in [0.4, 0.5) is 5.69 Å². The fourth-order valence-corrected chi connectivity index (χ4v) is 5.42. The van der Waals surface area contributed by atoms with Gasteiger partial charge in [0, 0.05) is 13.6 Å². The summed E-state index contributed by atoms with van der Waals surface area (Å²) in [7, 11) is -2.63. The van der Waals surface area contributed by atoms with Gasteiger partial charge in [-0.3, -0.25) is 13.9 Å². The van der Waals surface area contributed by atoms with Crippen LogP contribution in [0.25, 0.3) is 0 Å². The van der Waals surface area contributed by atoms with Crippen molar-refractivity contribution in [2.45, 2.75) is 45.2 Å². The molecule has 0 fully saturated rings. The molecule has 0 radical (unpaired) electrons. The molecule has 0 aromatic heterocycles. The second-order valence-electron chi connectivity index (χ2n) is 8.99. The molecule has 38 heavy (non-hydrogen) atoms. The lowest BCUT2D eigenvalue weighted by Crippen LogP contribution is -2.50. The van der Waals surface area contributed by atoms with E-state index in [9.17, 15) is 18.0 Å². The van der Waals surface area contributed by atoms with Gasteiger partial charge >= 0.3 is 0 Å². The van der Waals surface area contributed by atoms with Gasteiger partial charge in [0.25, 0.3) is 10.0 Å². The van der Waals surface area contributed by atoms with Crippen LogP contribution in [0.1, 0.15) is 30.5 Å². The lowest BCUT2D eigenvalue weighted by atomic mass is 10.1. The van der Waals surface area contributed by atoms with E-state index in [4.69, 9.17) is 4.74 Å². The van der Waals surface area contributed by atoms with E-state index >= 15 is 0 Å². The number of sulfonamides is 1. The summed E-state index contributed by atoms with van der Waals surface area (Å²) in [5.41, 5.74) is 3.13. The number of ether oxygens (including phenoxy) is 1. The fraction of sp³-hybridized carbons (Fsp3) is 0.310. The average Bonchev–Trinajstić information content (AvgIpc) is 2.91. The van der Waals surface area contributed by atoms with E-state index in [1.807, 2.05) is 45.0 Å². The molecule has 0 aliphatic heterocycles. The van der Waals surface area contributed by atoms with Gasteiger partial charge in [0.15, 0.2) is 0 Å². The van der Waals surface area contributed by atoms with Crippen molar-refractivity contribution in [3.05, 3.63) is 89.5 Å². The van der Waals surface area contributed by atoms with Gasteiger partial charge in [-0.25, -0.2) is 8.42 Å². The SMILES string of the molecule is CCOc1ccc(S(=O)(=O)N(CC(=O)N(Cc2ccccc2C)[C@@H](C)C(=O)NC)c2ccc(C)cc2)cc1. The number of benzene rings is 3. The molecule has 0 saturated carbocycles. The number of nitrogens with one attached hydrogen (secondary N) is 1. The van der Waals surface area contributed by atoms with Crippen LogP contribution >= 0.6 is 0 Å². The zero-order valence-corrected chi connectivity index (χ0v) is 23.3. The van der Waals surface area contributed by atoms with Gasteiger partial charge < -0.3 is 15.0 Å². The number of hydrogen-bond acceptors (Lipinski definition) is 5. The molecule has 0 bridgehead atoms. The number of likely N-dealkylation sites (N-methyl/N-ethyl adjacent to an activating group) is 1. The molecule has 0 unspecified atom stereocenters. The summed E-state index contributed by atoms with van der Waals surface area (Å²) in [5, 5.41) is 2.59. The monoisotopic (exact) mass is 537 g/mol. The maximum Gasteiger partial charge on any atom is 0.264 e. The third-order valence-corrected chi connectivity index (χ3v) is 8.13. The van der Waals surface area contributed by atoms with Crippen molar-refractivity contribution < 1.29 is 22.7 Å². The van der Waals surface area contributed by atoms with Gasteiger partial charge in [0.2, 0.25) is 11.8 Å². The molecule has 3 aromatic carbocycles. The maximum absolute atomic E-state index is 13.9. The Balaban J connectivity index is 2.02. The third kappa shape index (κ3) is 6.72. The number of carbonyl (C=O) groups excluding carboxylic acids is 2. The minimum atomic E-state index is -4.13. The number of amides is 2. The van der Waals surface area contributed by atoms with Crippen molar-refractivity contribution in [2.24, 2.45) is 0 Å². The molecule has 9 heteroatoms. The summed E-state index contributed by atoms with van der Waals surface area (Å²) in [6.07, 6.45) is 0. The Morgan fingerprint density at radius 2 is 1.58 bits per heavy atom. The van der Waals surface area contributed by atoms with Crippen LogP contribution in [0, 0.1) is 13.8 Å². The molecule has 1 atom stereocenters. The van der Waals surface area contributed by atoms with Crippen molar-refractivity contribution in [3.63, 3.8) is 0 Å². The first kappa shape index (κ1) is 28.7. The molecular formula is C29H35N3O5S. The van der Waals surface area contributed by atoms with E-state index in [-0.39, 0.29) is 17.3 Å². The minimum Gasteiger partial charge on any atom is -0.494 e. The summed E-state index contributed by atoms with van der Waals surface area (Å²) in [6.45, 7) is 7.43. The maximum atomic E-state index is 13.9. The van der Waals surface area contributed by atoms with Gasteiger partial charge in [-0.1, -0.05) is 42.0 Å². The lowest BCUT2D eigenvalue weighted by molar-refractivity contribution is -0.139. The van der Waals surface area contributed by atoms with Gasteiger partial charge in [-0.15, -0.1) is 0 Å². The second-order valence-corrected chi connectivity index (χ2v) is 10.9. The summed E-state index contributed by atoms with van der Waals surface area (Å²) in [4.78, 5) is 27.8. The first-order valence-electron chi connectivity index (χ1n) is 12.5. The summed E-state index contributed by atoms with van der Waals surface area (Å²) < 4.78 is 34.2. The average molecular weight is 538 g/mol. The van der Waals surface area contributed by atoms with E-state index in [0.29, 0.717) is 18.0 Å². The van der Waals surface area contributed by atoms with E-state index in [2.05, 4.69) is 5.32 Å². The molecule has 0 aliphatic carbocycles. The van der Waals surface area contributed by atoms with Crippen molar-refractivity contribution in [2.75, 3.05) is 24.5 Å². The number of rotatable bonds is 11. The number of carbonyl (C=O) groups is 2. The van der Waals surface area contributed by atoms with Gasteiger partial charge in [-0.2, -0.15) is 0 Å². The summed E-state index contributed by atoms with van der Waals surface area (Å²) in [6, 6.07) is 19.8. The van der Waals surface area contributed by atoms with Crippen LogP contribution in [0.5, 0.6) is 5.75 Å². The molecule has 2 amide bonds. The molecule has 0 heterocycles. The van der Waals surface area contributed by atoms with Crippen molar-refractivity contribution >= 4 is 27.5 Å². The van der Waals surface area contributed by atoms with Crippen LogP contribution in [-0.2, 0) is 26.2 Å². The third-order valence-electron chi connectivity index (χ3n) is 6.34. The molecule has 8 nitrogen and oxygen atoms in total. The first-order valence-corrected chi connectivity index (χ1v) is 13.9. The number of anilines is 1.